The molecule has 2 aliphatic rings. The number of aliphatic carboxylic acids is 3. The number of esters is 1. The molecule has 2 aliphatic heterocycles. The molecule has 0 aromatic carbocycles. The molecular weight excluding hydrogens is 685 g/mol. The lowest BCUT2D eigenvalue weighted by Crippen LogP contribution is -2.59. The van der Waals surface area contributed by atoms with E-state index in [2.05, 4.69) is 33.8 Å². The number of carbonyl (C=O) groups is 4. The van der Waals surface area contributed by atoms with Crippen molar-refractivity contribution < 1.29 is 53.1 Å². The minimum absolute atomic E-state index is 0.0285. The lowest BCUT2D eigenvalue weighted by molar-refractivity contribution is -0.344. The van der Waals surface area contributed by atoms with Gasteiger partial charge in [0.1, 0.15) is 11.7 Å². The first-order chi connectivity index (χ1) is 24.3. The van der Waals surface area contributed by atoms with E-state index in [0.29, 0.717) is 37.7 Å². The maximum absolute atomic E-state index is 13.0. The summed E-state index contributed by atoms with van der Waals surface area (Å²) in [6, 6.07) is 0. The number of carboxylic acid groups (broad SMARTS) is 3. The second-order valence-corrected chi connectivity index (χ2v) is 17.2. The van der Waals surface area contributed by atoms with Crippen molar-refractivity contribution in [3.05, 3.63) is 59.8 Å². The van der Waals surface area contributed by atoms with E-state index in [4.69, 9.17) is 28.8 Å². The summed E-state index contributed by atoms with van der Waals surface area (Å²) >= 11 is 0. The van der Waals surface area contributed by atoms with Gasteiger partial charge in [-0.2, -0.15) is 0 Å². The first kappa shape index (κ1) is 44.8. The molecule has 2 rings (SSSR count). The summed E-state index contributed by atoms with van der Waals surface area (Å²) in [5.74, 6) is -4.63. The van der Waals surface area contributed by atoms with Crippen LogP contribution in [0.5, 0.6) is 0 Å². The van der Waals surface area contributed by atoms with Gasteiger partial charge in [-0.3, -0.25) is 9.59 Å². The lowest BCUT2D eigenvalue weighted by Gasteiger charge is -2.53. The minimum Gasteiger partial charge on any atom is -0.481 e. The molecule has 11 nitrogen and oxygen atoms in total. The Bertz CT molecular complexity index is 1370. The molecule has 12 heteroatoms. The van der Waals surface area contributed by atoms with Crippen molar-refractivity contribution in [2.75, 3.05) is 0 Å². The lowest BCUT2D eigenvalue weighted by atomic mass is 9.78. The number of hydrogen-bond donors (Lipinski definition) is 3. The van der Waals surface area contributed by atoms with Crippen LogP contribution in [-0.2, 0) is 37.8 Å². The van der Waals surface area contributed by atoms with Crippen LogP contribution in [0.4, 0.5) is 0 Å². The summed E-state index contributed by atoms with van der Waals surface area (Å²) in [4.78, 5) is 46.6. The highest BCUT2D eigenvalue weighted by atomic mass is 28.2. The third kappa shape index (κ3) is 15.7. The van der Waals surface area contributed by atoms with Gasteiger partial charge in [0.25, 0.3) is 0 Å². The molecule has 7 atom stereocenters. The van der Waals surface area contributed by atoms with E-state index in [9.17, 15) is 24.3 Å². The summed E-state index contributed by atoms with van der Waals surface area (Å²) in [6.07, 6.45) is 16.6. The number of carboxylic acids is 3. The topological polar surface area (TPSA) is 166 Å². The largest absolute Gasteiger partial charge is 0.481 e. The highest BCUT2D eigenvalue weighted by molar-refractivity contribution is 6.31. The smallest absolute Gasteiger partial charge is 0.328 e. The molecule has 0 aromatic heterocycles. The zero-order valence-electron chi connectivity index (χ0n) is 32.2. The molecule has 2 saturated heterocycles. The third-order valence-electron chi connectivity index (χ3n) is 9.25. The molecular formula is C40H60O11Si. The van der Waals surface area contributed by atoms with E-state index in [1.165, 1.54) is 0 Å². The Morgan fingerprint density at radius 2 is 1.65 bits per heavy atom. The van der Waals surface area contributed by atoms with Crippen LogP contribution in [0, 0.1) is 11.8 Å². The fourth-order valence-electron chi connectivity index (χ4n) is 6.19. The molecule has 3 N–H and O–H groups in total. The van der Waals surface area contributed by atoms with E-state index in [1.807, 2.05) is 32.9 Å². The SMILES string of the molecule is CCCC[C@@]1(OC(=O)CCC(=O)O)CC[C@]2(CC[C@H](C)[C@@H](C/C=C(C)/C=C/[C@H](O[Si]C(C)(C)C)[C@@H](C)/C=C/C(=O)O)O2)O[C@H]1/C=C/C(C)=C/C(=O)O. The molecule has 0 saturated carbocycles. The summed E-state index contributed by atoms with van der Waals surface area (Å²) in [7, 11) is 0.233. The van der Waals surface area contributed by atoms with Crippen molar-refractivity contribution in [2.24, 2.45) is 11.8 Å². The molecule has 0 aliphatic carbocycles. The van der Waals surface area contributed by atoms with E-state index >= 15 is 0 Å². The van der Waals surface area contributed by atoms with E-state index in [-0.39, 0.29) is 51.7 Å². The van der Waals surface area contributed by atoms with Gasteiger partial charge in [-0.1, -0.05) is 90.0 Å². The highest BCUT2D eigenvalue weighted by Gasteiger charge is 2.54. The first-order valence-corrected chi connectivity index (χ1v) is 19.3. The van der Waals surface area contributed by atoms with Gasteiger partial charge in [0.15, 0.2) is 5.79 Å². The normalized spacial score (nSPS) is 27.3. The quantitative estimate of drug-likeness (QED) is 0.0508. The molecule has 52 heavy (non-hydrogen) atoms. The summed E-state index contributed by atoms with van der Waals surface area (Å²) in [6.45, 7) is 16.1. The van der Waals surface area contributed by atoms with Crippen LogP contribution in [-0.4, -0.2) is 78.7 Å². The Morgan fingerprint density at radius 1 is 0.942 bits per heavy atom. The predicted molar refractivity (Wildman–Crippen MR) is 200 cm³/mol. The summed E-state index contributed by atoms with van der Waals surface area (Å²) in [5.41, 5.74) is 0.430. The fourth-order valence-corrected chi connectivity index (χ4v) is 6.97. The van der Waals surface area contributed by atoms with E-state index in [0.717, 1.165) is 37.0 Å². The molecule has 0 bridgehead atoms. The van der Waals surface area contributed by atoms with Gasteiger partial charge in [0.2, 0.25) is 9.76 Å². The van der Waals surface area contributed by atoms with Crippen LogP contribution >= 0.6 is 0 Å². The molecule has 0 amide bonds. The number of allylic oxidation sites excluding steroid dienone is 4. The van der Waals surface area contributed by atoms with Crippen molar-refractivity contribution in [2.45, 2.75) is 154 Å². The van der Waals surface area contributed by atoms with Crippen molar-refractivity contribution >= 4 is 33.6 Å². The second kappa shape index (κ2) is 20.8. The first-order valence-electron chi connectivity index (χ1n) is 18.4. The highest BCUT2D eigenvalue weighted by Crippen LogP contribution is 2.48. The molecule has 290 valence electrons. The van der Waals surface area contributed by atoms with Gasteiger partial charge in [0.05, 0.1) is 25.0 Å². The zero-order chi connectivity index (χ0) is 39.1. The number of ether oxygens (including phenoxy) is 3. The maximum atomic E-state index is 13.0. The summed E-state index contributed by atoms with van der Waals surface area (Å²) in [5, 5.41) is 27.5. The Kier molecular flexibility index (Phi) is 17.9. The molecule has 0 aromatic rings. The standard InChI is InChI=1S/C40H60O11Si/c1-9-10-22-39(50-37(47)20-19-35(43)44)24-25-40(49-33(39)17-13-28(3)26-36(45)46)23-21-30(5)31(48-40)15-11-27(2)12-16-32(51-52-38(6,7)8)29(4)14-18-34(41)42/h11-14,16-18,26,29-33H,9-10,15,19-25H2,1-8H3,(H,41,42)(H,43,44)(H,45,46)/b16-12+,17-13+,18-14+,27-11+,28-26+/t29-,30-,31+,32-,33-,39+,40-/m0/s1. The van der Waals surface area contributed by atoms with Gasteiger partial charge in [-0.05, 0) is 62.5 Å². The average molecular weight is 745 g/mol. The Balaban J connectivity index is 2.34. The second-order valence-electron chi connectivity index (χ2n) is 15.3. The number of rotatable bonds is 19. The number of carbonyl (C=O) groups excluding carboxylic acids is 1. The minimum atomic E-state index is -1.09. The van der Waals surface area contributed by atoms with Crippen molar-refractivity contribution in [1.29, 1.82) is 0 Å². The van der Waals surface area contributed by atoms with Crippen LogP contribution in [0.25, 0.3) is 0 Å². The van der Waals surface area contributed by atoms with E-state index in [1.54, 1.807) is 25.2 Å². The van der Waals surface area contributed by atoms with Crippen LogP contribution < -0.4 is 0 Å². The Morgan fingerprint density at radius 3 is 2.27 bits per heavy atom. The number of hydrogen-bond acceptors (Lipinski definition) is 8. The molecule has 2 fully saturated rings. The van der Waals surface area contributed by atoms with Gasteiger partial charge in [0, 0.05) is 30.9 Å². The Labute approximate surface area is 312 Å². The van der Waals surface area contributed by atoms with Gasteiger partial charge < -0.3 is 34.0 Å². The van der Waals surface area contributed by atoms with E-state index < -0.39 is 41.4 Å². The maximum Gasteiger partial charge on any atom is 0.328 e. The molecule has 1 spiro atoms. The molecule has 0 unspecified atom stereocenters. The van der Waals surface area contributed by atoms with Crippen LogP contribution in [0.1, 0.15) is 120 Å². The summed E-state index contributed by atoms with van der Waals surface area (Å²) < 4.78 is 26.0. The van der Waals surface area contributed by atoms with Crippen LogP contribution in [0.2, 0.25) is 5.04 Å². The van der Waals surface area contributed by atoms with Gasteiger partial charge >= 0.3 is 23.9 Å². The van der Waals surface area contributed by atoms with Crippen molar-refractivity contribution in [3.8, 4) is 0 Å². The van der Waals surface area contributed by atoms with Crippen molar-refractivity contribution in [1.82, 2.24) is 0 Å². The van der Waals surface area contributed by atoms with Crippen molar-refractivity contribution in [3.63, 3.8) is 0 Å². The van der Waals surface area contributed by atoms with Gasteiger partial charge in [-0.15, -0.1) is 0 Å². The predicted octanol–water partition coefficient (Wildman–Crippen LogP) is 7.99. The van der Waals surface area contributed by atoms with Gasteiger partial charge in [-0.25, -0.2) is 9.59 Å². The average Bonchev–Trinajstić information content (AvgIpc) is 3.05. The van der Waals surface area contributed by atoms with Crippen LogP contribution in [0.15, 0.2) is 59.8 Å². The fraction of sp³-hybridized carbons (Fsp3) is 0.650. The molecule has 2 heterocycles. The van der Waals surface area contributed by atoms with Crippen LogP contribution in [0.3, 0.4) is 0 Å². The monoisotopic (exact) mass is 744 g/mol. The zero-order valence-corrected chi connectivity index (χ0v) is 33.2. The Hall–Kier alpha value is -3.32. The molecule has 2 radical (unpaired) electrons. The number of unbranched alkanes of at least 4 members (excludes halogenated alkanes) is 1. The third-order valence-corrected chi connectivity index (χ3v) is 10.3.